The minimum absolute atomic E-state index is 0. The Morgan fingerprint density at radius 3 is 2.42 bits per heavy atom. The Morgan fingerprint density at radius 2 is 1.76 bits per heavy atom. The number of benzene rings is 1. The van der Waals surface area contributed by atoms with Gasteiger partial charge in [0.2, 0.25) is 0 Å². The molecule has 2 fully saturated rings. The van der Waals surface area contributed by atoms with Crippen LogP contribution in [0.25, 0.3) is 0 Å². The number of methoxy groups -OCH3 is 3. The van der Waals surface area contributed by atoms with Crippen molar-refractivity contribution in [2.75, 3.05) is 54.1 Å². The van der Waals surface area contributed by atoms with Gasteiger partial charge in [0.15, 0.2) is 17.3 Å². The van der Waals surface area contributed by atoms with Crippen LogP contribution < -0.4 is 9.47 Å². The number of halogens is 1. The topological polar surface area (TPSA) is 77.8 Å². The Kier molecular flexibility index (Phi) is 9.73. The number of aromatic nitrogens is 4. The fraction of sp³-hybridized carbons (Fsp3) is 0.696. The zero-order chi connectivity index (χ0) is 22.3. The van der Waals surface area contributed by atoms with Gasteiger partial charge in [0.1, 0.15) is 6.04 Å². The SMILES string of the molecule is COCCn1nnnc1C(c1cccc(OC)c1OC)N1CCN(C2CCCCC2)CC1.Cl. The van der Waals surface area contributed by atoms with E-state index < -0.39 is 0 Å². The van der Waals surface area contributed by atoms with Crippen molar-refractivity contribution < 1.29 is 14.2 Å². The molecule has 1 saturated heterocycles. The van der Waals surface area contributed by atoms with E-state index >= 15 is 0 Å². The monoisotopic (exact) mass is 480 g/mol. The number of nitrogens with zero attached hydrogens (tertiary/aromatic N) is 6. The van der Waals surface area contributed by atoms with E-state index in [4.69, 9.17) is 14.2 Å². The molecule has 2 heterocycles. The van der Waals surface area contributed by atoms with Gasteiger partial charge >= 0.3 is 0 Å². The minimum Gasteiger partial charge on any atom is -0.493 e. The minimum atomic E-state index is -0.125. The third-order valence-electron chi connectivity index (χ3n) is 6.84. The predicted octanol–water partition coefficient (Wildman–Crippen LogP) is 2.80. The summed E-state index contributed by atoms with van der Waals surface area (Å²) in [7, 11) is 5.05. The Balaban J connectivity index is 0.00000306. The van der Waals surface area contributed by atoms with Gasteiger partial charge in [-0.15, -0.1) is 17.5 Å². The van der Waals surface area contributed by atoms with E-state index in [9.17, 15) is 0 Å². The summed E-state index contributed by atoms with van der Waals surface area (Å²) in [6.07, 6.45) is 6.79. The van der Waals surface area contributed by atoms with Crippen molar-refractivity contribution in [2.24, 2.45) is 0 Å². The van der Waals surface area contributed by atoms with Crippen molar-refractivity contribution in [3.8, 4) is 11.5 Å². The molecule has 33 heavy (non-hydrogen) atoms. The first kappa shape index (κ1) is 25.7. The van der Waals surface area contributed by atoms with Gasteiger partial charge in [0, 0.05) is 44.9 Å². The Labute approximate surface area is 202 Å². The largest absolute Gasteiger partial charge is 0.493 e. The third-order valence-corrected chi connectivity index (χ3v) is 6.84. The zero-order valence-corrected chi connectivity index (χ0v) is 20.8. The van der Waals surface area contributed by atoms with Gasteiger partial charge in [-0.3, -0.25) is 9.80 Å². The maximum atomic E-state index is 5.81. The molecule has 2 aromatic rings. The molecule has 1 saturated carbocycles. The van der Waals surface area contributed by atoms with Gasteiger partial charge in [-0.05, 0) is 29.3 Å². The van der Waals surface area contributed by atoms with E-state index in [1.165, 1.54) is 32.1 Å². The summed E-state index contributed by atoms with van der Waals surface area (Å²) < 4.78 is 18.5. The molecule has 9 nitrogen and oxygen atoms in total. The Bertz CT molecular complexity index is 852. The Hall–Kier alpha value is -1.94. The molecule has 0 bridgehead atoms. The number of tetrazole rings is 1. The number of piperazine rings is 1. The normalized spacial score (nSPS) is 19.1. The average Bonchev–Trinajstić information content (AvgIpc) is 3.31. The van der Waals surface area contributed by atoms with Crippen molar-refractivity contribution in [1.29, 1.82) is 0 Å². The van der Waals surface area contributed by atoms with Crippen LogP contribution in [-0.2, 0) is 11.3 Å². The van der Waals surface area contributed by atoms with Crippen molar-refractivity contribution in [3.05, 3.63) is 29.6 Å². The van der Waals surface area contributed by atoms with Gasteiger partial charge in [-0.1, -0.05) is 31.4 Å². The molecule has 10 heteroatoms. The summed E-state index contributed by atoms with van der Waals surface area (Å²) in [5.41, 5.74) is 1.02. The van der Waals surface area contributed by atoms with Crippen LogP contribution in [0.5, 0.6) is 11.5 Å². The second-order valence-electron chi connectivity index (χ2n) is 8.60. The fourth-order valence-corrected chi connectivity index (χ4v) is 5.18. The number of para-hydroxylation sites is 1. The zero-order valence-electron chi connectivity index (χ0n) is 20.0. The van der Waals surface area contributed by atoms with Crippen LogP contribution in [0.4, 0.5) is 0 Å². The molecule has 0 N–H and O–H groups in total. The van der Waals surface area contributed by atoms with Crippen LogP contribution in [0, 0.1) is 0 Å². The quantitative estimate of drug-likeness (QED) is 0.542. The highest BCUT2D eigenvalue weighted by molar-refractivity contribution is 5.85. The summed E-state index contributed by atoms with van der Waals surface area (Å²) in [5, 5.41) is 12.7. The maximum absolute atomic E-state index is 5.81. The molecular formula is C23H37ClN6O3. The Morgan fingerprint density at radius 1 is 1.00 bits per heavy atom. The van der Waals surface area contributed by atoms with E-state index in [-0.39, 0.29) is 18.4 Å². The van der Waals surface area contributed by atoms with Crippen LogP contribution in [0.1, 0.15) is 49.5 Å². The van der Waals surface area contributed by atoms with E-state index in [1.807, 2.05) is 16.8 Å². The van der Waals surface area contributed by atoms with E-state index in [0.717, 1.165) is 49.4 Å². The highest BCUT2D eigenvalue weighted by Crippen LogP contribution is 2.40. The van der Waals surface area contributed by atoms with Gasteiger partial charge in [-0.25, -0.2) is 4.68 Å². The molecule has 1 aliphatic heterocycles. The number of rotatable bonds is 9. The van der Waals surface area contributed by atoms with E-state index in [1.54, 1.807) is 21.3 Å². The van der Waals surface area contributed by atoms with Crippen molar-refractivity contribution >= 4 is 12.4 Å². The highest BCUT2D eigenvalue weighted by Gasteiger charge is 2.34. The smallest absolute Gasteiger partial charge is 0.173 e. The average molecular weight is 481 g/mol. The number of ether oxygens (including phenoxy) is 3. The summed E-state index contributed by atoms with van der Waals surface area (Å²) in [6, 6.07) is 6.64. The first-order chi connectivity index (χ1) is 15.8. The summed E-state index contributed by atoms with van der Waals surface area (Å²) in [5.74, 6) is 2.25. The molecule has 0 amide bonds. The molecule has 1 aromatic carbocycles. The summed E-state index contributed by atoms with van der Waals surface area (Å²) in [6.45, 7) is 5.19. The van der Waals surface area contributed by atoms with Gasteiger partial charge in [0.05, 0.1) is 27.4 Å². The van der Waals surface area contributed by atoms with Crippen molar-refractivity contribution in [1.82, 2.24) is 30.0 Å². The van der Waals surface area contributed by atoms with E-state index in [2.05, 4.69) is 31.4 Å². The lowest BCUT2D eigenvalue weighted by molar-refractivity contribution is 0.0609. The van der Waals surface area contributed by atoms with Crippen LogP contribution in [0.15, 0.2) is 18.2 Å². The van der Waals surface area contributed by atoms with Crippen LogP contribution in [0.2, 0.25) is 0 Å². The molecule has 0 radical (unpaired) electrons. The summed E-state index contributed by atoms with van der Waals surface area (Å²) in [4.78, 5) is 5.16. The molecule has 1 aliphatic carbocycles. The van der Waals surface area contributed by atoms with Gasteiger partial charge in [0.25, 0.3) is 0 Å². The first-order valence-electron chi connectivity index (χ1n) is 11.7. The lowest BCUT2D eigenvalue weighted by Crippen LogP contribution is -2.52. The lowest BCUT2D eigenvalue weighted by Gasteiger charge is -2.43. The van der Waals surface area contributed by atoms with Gasteiger partial charge < -0.3 is 14.2 Å². The summed E-state index contributed by atoms with van der Waals surface area (Å²) >= 11 is 0. The molecular weight excluding hydrogens is 444 g/mol. The number of hydrogen-bond acceptors (Lipinski definition) is 8. The van der Waals surface area contributed by atoms with Gasteiger partial charge in [-0.2, -0.15) is 0 Å². The maximum Gasteiger partial charge on any atom is 0.173 e. The predicted molar refractivity (Wildman–Crippen MR) is 128 cm³/mol. The molecule has 2 aliphatic rings. The standard InChI is InChI=1S/C23H36N6O3.ClH/c1-30-17-16-29-23(24-25-26-29)21(19-10-7-11-20(31-2)22(19)32-3)28-14-12-27(13-15-28)18-8-5-4-6-9-18;/h7,10-11,18,21H,4-6,8-9,12-17H2,1-3H3;1H. The first-order valence-corrected chi connectivity index (χ1v) is 11.7. The van der Waals surface area contributed by atoms with Crippen molar-refractivity contribution in [3.63, 3.8) is 0 Å². The molecule has 1 unspecified atom stereocenters. The van der Waals surface area contributed by atoms with Crippen LogP contribution in [-0.4, -0.2) is 90.2 Å². The van der Waals surface area contributed by atoms with Crippen LogP contribution >= 0.6 is 12.4 Å². The van der Waals surface area contributed by atoms with E-state index in [0.29, 0.717) is 18.9 Å². The second kappa shape index (κ2) is 12.5. The highest BCUT2D eigenvalue weighted by atomic mass is 35.5. The molecule has 1 aromatic heterocycles. The molecule has 184 valence electrons. The second-order valence-corrected chi connectivity index (χ2v) is 8.60. The fourth-order valence-electron chi connectivity index (χ4n) is 5.18. The third kappa shape index (κ3) is 5.77. The number of hydrogen-bond donors (Lipinski definition) is 0. The molecule has 1 atom stereocenters. The van der Waals surface area contributed by atoms with Crippen LogP contribution in [0.3, 0.4) is 0 Å². The molecule has 4 rings (SSSR count). The van der Waals surface area contributed by atoms with Crippen molar-refractivity contribution in [2.45, 2.75) is 50.7 Å². The molecule has 0 spiro atoms. The lowest BCUT2D eigenvalue weighted by atomic mass is 9.93.